The number of benzene rings is 1. The van der Waals surface area contributed by atoms with Gasteiger partial charge >= 0.3 is 5.97 Å². The lowest BCUT2D eigenvalue weighted by Gasteiger charge is -2.06. The number of hydrogen-bond acceptors (Lipinski definition) is 4. The Balaban J connectivity index is 2.35. The molecular formula is C11H9NO4. The normalized spacial score (nSPS) is 10.1. The molecule has 0 aliphatic heterocycles. The summed E-state index contributed by atoms with van der Waals surface area (Å²) in [6, 6.07) is 6.39. The predicted molar refractivity (Wildman–Crippen MR) is 54.7 cm³/mol. The van der Waals surface area contributed by atoms with Crippen molar-refractivity contribution in [3.63, 3.8) is 0 Å². The lowest BCUT2D eigenvalue weighted by atomic mass is 10.2. The molecule has 5 heteroatoms. The Morgan fingerprint density at radius 1 is 1.38 bits per heavy atom. The summed E-state index contributed by atoms with van der Waals surface area (Å²) in [4.78, 5) is 10.9. The number of aryl methyl sites for hydroxylation is 1. The molecule has 0 spiro atoms. The first-order valence-corrected chi connectivity index (χ1v) is 4.60. The number of ether oxygens (including phenoxy) is 1. The zero-order valence-corrected chi connectivity index (χ0v) is 8.51. The minimum absolute atomic E-state index is 0.100. The number of rotatable bonds is 3. The van der Waals surface area contributed by atoms with Gasteiger partial charge in [-0.3, -0.25) is 0 Å². The van der Waals surface area contributed by atoms with Gasteiger partial charge in [0, 0.05) is 6.92 Å². The molecule has 1 aromatic heterocycles. The molecule has 0 radical (unpaired) electrons. The second-order valence-corrected chi connectivity index (χ2v) is 3.15. The molecule has 1 aromatic carbocycles. The zero-order valence-electron chi connectivity index (χ0n) is 8.51. The molecule has 0 saturated carbocycles. The number of aromatic nitrogens is 1. The summed E-state index contributed by atoms with van der Waals surface area (Å²) in [6.45, 7) is 1.69. The maximum absolute atomic E-state index is 10.9. The Labute approximate surface area is 91.3 Å². The number of carbonyl (C=O) groups is 1. The molecule has 0 amide bonds. The van der Waals surface area contributed by atoms with Gasteiger partial charge in [-0.2, -0.15) is 0 Å². The minimum atomic E-state index is -1.04. The van der Waals surface area contributed by atoms with E-state index < -0.39 is 5.97 Å². The molecule has 2 rings (SSSR count). The van der Waals surface area contributed by atoms with E-state index in [1.165, 1.54) is 12.3 Å². The molecule has 1 N–H and O–H groups in total. The van der Waals surface area contributed by atoms with E-state index in [1.807, 2.05) is 0 Å². The van der Waals surface area contributed by atoms with Crippen LogP contribution in [0.3, 0.4) is 0 Å². The third-order valence-corrected chi connectivity index (χ3v) is 2.04. The molecule has 5 nitrogen and oxygen atoms in total. The van der Waals surface area contributed by atoms with Crippen LogP contribution in [0.1, 0.15) is 16.1 Å². The van der Waals surface area contributed by atoms with Crippen molar-refractivity contribution >= 4 is 5.97 Å². The van der Waals surface area contributed by atoms with Crippen LogP contribution in [0.25, 0.3) is 0 Å². The van der Waals surface area contributed by atoms with E-state index in [2.05, 4.69) is 5.16 Å². The molecule has 0 unspecified atom stereocenters. The Kier molecular flexibility index (Phi) is 2.59. The zero-order chi connectivity index (χ0) is 11.5. The van der Waals surface area contributed by atoms with Crippen LogP contribution < -0.4 is 4.74 Å². The van der Waals surface area contributed by atoms with Crippen molar-refractivity contribution in [2.75, 3.05) is 0 Å². The van der Waals surface area contributed by atoms with E-state index >= 15 is 0 Å². The van der Waals surface area contributed by atoms with Crippen LogP contribution in [0.4, 0.5) is 0 Å². The molecule has 0 atom stereocenters. The second kappa shape index (κ2) is 4.06. The van der Waals surface area contributed by atoms with Gasteiger partial charge in [0.15, 0.2) is 11.5 Å². The second-order valence-electron chi connectivity index (χ2n) is 3.15. The van der Waals surface area contributed by atoms with Crippen LogP contribution >= 0.6 is 0 Å². The summed E-state index contributed by atoms with van der Waals surface area (Å²) in [6.07, 6.45) is 1.40. The van der Waals surface area contributed by atoms with Crippen molar-refractivity contribution < 1.29 is 19.2 Å². The summed E-state index contributed by atoms with van der Waals surface area (Å²) >= 11 is 0. The number of nitrogens with zero attached hydrogens (tertiary/aromatic N) is 1. The standard InChI is InChI=1S/C11H9NO4/c1-7-10(6-12-16-7)15-9-5-3-2-4-8(9)11(13)14/h2-6H,1H3,(H,13,14). The summed E-state index contributed by atoms with van der Waals surface area (Å²) in [7, 11) is 0. The Morgan fingerprint density at radius 2 is 2.12 bits per heavy atom. The molecule has 0 bridgehead atoms. The molecule has 82 valence electrons. The molecule has 0 saturated heterocycles. The van der Waals surface area contributed by atoms with Crippen molar-refractivity contribution in [3.8, 4) is 11.5 Å². The van der Waals surface area contributed by atoms with E-state index in [4.69, 9.17) is 14.4 Å². The third kappa shape index (κ3) is 1.88. The smallest absolute Gasteiger partial charge is 0.339 e. The molecule has 0 aliphatic carbocycles. The first kappa shape index (κ1) is 10.2. The SMILES string of the molecule is Cc1oncc1Oc1ccccc1C(=O)O. The van der Waals surface area contributed by atoms with Crippen molar-refractivity contribution in [2.45, 2.75) is 6.92 Å². The molecule has 0 aliphatic rings. The fourth-order valence-corrected chi connectivity index (χ4v) is 1.24. The van der Waals surface area contributed by atoms with Crippen LogP contribution in [-0.4, -0.2) is 16.2 Å². The van der Waals surface area contributed by atoms with E-state index in [0.29, 0.717) is 11.5 Å². The van der Waals surface area contributed by atoms with E-state index in [9.17, 15) is 4.79 Å². The highest BCUT2D eigenvalue weighted by Crippen LogP contribution is 2.27. The fraction of sp³-hybridized carbons (Fsp3) is 0.0909. The van der Waals surface area contributed by atoms with Crippen LogP contribution in [0, 0.1) is 6.92 Å². The third-order valence-electron chi connectivity index (χ3n) is 2.04. The molecular weight excluding hydrogens is 210 g/mol. The number of hydrogen-bond donors (Lipinski definition) is 1. The van der Waals surface area contributed by atoms with Gasteiger partial charge in [-0.1, -0.05) is 17.3 Å². The maximum atomic E-state index is 10.9. The average molecular weight is 219 g/mol. The average Bonchev–Trinajstić information content (AvgIpc) is 2.65. The topological polar surface area (TPSA) is 72.6 Å². The van der Waals surface area contributed by atoms with Gasteiger partial charge in [0.25, 0.3) is 0 Å². The van der Waals surface area contributed by atoms with Crippen LogP contribution in [0.15, 0.2) is 35.0 Å². The maximum Gasteiger partial charge on any atom is 0.339 e. The highest BCUT2D eigenvalue weighted by atomic mass is 16.5. The minimum Gasteiger partial charge on any atom is -0.478 e. The van der Waals surface area contributed by atoms with Gasteiger partial charge in [0.1, 0.15) is 17.5 Å². The van der Waals surface area contributed by atoms with Gasteiger partial charge in [0.2, 0.25) is 0 Å². The number of aromatic carboxylic acids is 1. The molecule has 1 heterocycles. The van der Waals surface area contributed by atoms with E-state index in [-0.39, 0.29) is 11.3 Å². The highest BCUT2D eigenvalue weighted by Gasteiger charge is 2.13. The van der Waals surface area contributed by atoms with Crippen molar-refractivity contribution in [1.82, 2.24) is 5.16 Å². The monoisotopic (exact) mass is 219 g/mol. The fourth-order valence-electron chi connectivity index (χ4n) is 1.24. The van der Waals surface area contributed by atoms with Crippen LogP contribution in [-0.2, 0) is 0 Å². The Hall–Kier alpha value is -2.30. The first-order valence-electron chi connectivity index (χ1n) is 4.60. The van der Waals surface area contributed by atoms with Crippen LogP contribution in [0.5, 0.6) is 11.5 Å². The van der Waals surface area contributed by atoms with Crippen molar-refractivity contribution in [2.24, 2.45) is 0 Å². The lowest BCUT2D eigenvalue weighted by Crippen LogP contribution is -1.99. The van der Waals surface area contributed by atoms with Gasteiger partial charge in [0.05, 0.1) is 0 Å². The largest absolute Gasteiger partial charge is 0.478 e. The Bertz CT molecular complexity index is 518. The summed E-state index contributed by atoms with van der Waals surface area (Å²) in [5, 5.41) is 12.5. The van der Waals surface area contributed by atoms with Gasteiger partial charge < -0.3 is 14.4 Å². The highest BCUT2D eigenvalue weighted by molar-refractivity contribution is 5.90. The predicted octanol–water partition coefficient (Wildman–Crippen LogP) is 2.47. The number of carboxylic acids is 1. The molecule has 16 heavy (non-hydrogen) atoms. The van der Waals surface area contributed by atoms with Gasteiger partial charge in [-0.05, 0) is 12.1 Å². The van der Waals surface area contributed by atoms with Crippen molar-refractivity contribution in [1.29, 1.82) is 0 Å². The Morgan fingerprint density at radius 3 is 2.75 bits per heavy atom. The number of para-hydroxylation sites is 1. The quantitative estimate of drug-likeness (QED) is 0.858. The molecule has 2 aromatic rings. The summed E-state index contributed by atoms with van der Waals surface area (Å²) in [5.74, 6) is 0.139. The van der Waals surface area contributed by atoms with Gasteiger partial charge in [-0.25, -0.2) is 4.79 Å². The first-order chi connectivity index (χ1) is 7.68. The summed E-state index contributed by atoms with van der Waals surface area (Å²) < 4.78 is 10.2. The lowest BCUT2D eigenvalue weighted by molar-refractivity contribution is 0.0694. The van der Waals surface area contributed by atoms with E-state index in [1.54, 1.807) is 25.1 Å². The van der Waals surface area contributed by atoms with Crippen LogP contribution in [0.2, 0.25) is 0 Å². The molecule has 0 fully saturated rings. The van der Waals surface area contributed by atoms with Crippen molar-refractivity contribution in [3.05, 3.63) is 41.8 Å². The number of carboxylic acid groups (broad SMARTS) is 1. The van der Waals surface area contributed by atoms with Gasteiger partial charge in [-0.15, -0.1) is 0 Å². The summed E-state index contributed by atoms with van der Waals surface area (Å²) in [5.41, 5.74) is 0.100. The van der Waals surface area contributed by atoms with E-state index in [0.717, 1.165) is 0 Å².